The second-order valence-corrected chi connectivity index (χ2v) is 5.90. The van der Waals surface area contributed by atoms with E-state index in [1.807, 2.05) is 6.08 Å². The van der Waals surface area contributed by atoms with E-state index in [4.69, 9.17) is 0 Å². The van der Waals surface area contributed by atoms with Crippen molar-refractivity contribution in [2.75, 3.05) is 6.54 Å². The molecule has 1 aliphatic heterocycles. The summed E-state index contributed by atoms with van der Waals surface area (Å²) < 4.78 is 0. The number of hydrogen-bond donors (Lipinski definition) is 0. The summed E-state index contributed by atoms with van der Waals surface area (Å²) in [6.07, 6.45) is 4.27. The van der Waals surface area contributed by atoms with Gasteiger partial charge in [-0.1, -0.05) is 73.7 Å². The van der Waals surface area contributed by atoms with Crippen LogP contribution in [-0.2, 0) is 6.54 Å². The Labute approximate surface area is 133 Å². The van der Waals surface area contributed by atoms with Crippen LogP contribution in [0.4, 0.5) is 0 Å². The Hall–Kier alpha value is -2.12. The van der Waals surface area contributed by atoms with Gasteiger partial charge in [0.15, 0.2) is 0 Å². The minimum absolute atomic E-state index is 0.363. The molecule has 0 saturated carbocycles. The number of fused-ring (bicyclic) bond motifs is 1. The zero-order valence-electron chi connectivity index (χ0n) is 13.4. The van der Waals surface area contributed by atoms with Crippen LogP contribution in [0.3, 0.4) is 0 Å². The van der Waals surface area contributed by atoms with E-state index in [2.05, 4.69) is 79.9 Å². The monoisotopic (exact) mass is 289 g/mol. The Morgan fingerprint density at radius 3 is 2.64 bits per heavy atom. The van der Waals surface area contributed by atoms with Gasteiger partial charge < -0.3 is 0 Å². The molecule has 2 aromatic carbocycles. The van der Waals surface area contributed by atoms with Gasteiger partial charge in [-0.25, -0.2) is 0 Å². The van der Waals surface area contributed by atoms with Crippen LogP contribution in [0.25, 0.3) is 11.1 Å². The lowest BCUT2D eigenvalue weighted by atomic mass is 9.96. The lowest BCUT2D eigenvalue weighted by Crippen LogP contribution is -2.20. The van der Waals surface area contributed by atoms with Crippen molar-refractivity contribution in [1.82, 2.24) is 4.90 Å². The Balaban J connectivity index is 2.04. The second kappa shape index (κ2) is 6.33. The fourth-order valence-electron chi connectivity index (χ4n) is 3.16. The van der Waals surface area contributed by atoms with Crippen molar-refractivity contribution in [3.8, 4) is 11.1 Å². The van der Waals surface area contributed by atoms with Crippen LogP contribution >= 0.6 is 0 Å². The maximum atomic E-state index is 3.89. The quantitative estimate of drug-likeness (QED) is 0.685. The van der Waals surface area contributed by atoms with Crippen LogP contribution in [0.5, 0.6) is 0 Å². The molecule has 3 rings (SSSR count). The number of likely N-dealkylation sites (N-methyl/N-ethyl adjacent to an activating group) is 1. The molecule has 112 valence electrons. The van der Waals surface area contributed by atoms with Crippen molar-refractivity contribution < 1.29 is 0 Å². The van der Waals surface area contributed by atoms with E-state index in [0.29, 0.717) is 6.04 Å². The summed E-state index contributed by atoms with van der Waals surface area (Å²) in [6.45, 7) is 10.3. The van der Waals surface area contributed by atoms with E-state index in [1.54, 1.807) is 0 Å². The van der Waals surface area contributed by atoms with E-state index >= 15 is 0 Å². The van der Waals surface area contributed by atoms with E-state index in [0.717, 1.165) is 13.1 Å². The molecule has 0 aliphatic carbocycles. The fraction of sp³-hybridized carbons (Fsp3) is 0.238. The molecule has 0 aromatic heterocycles. The minimum atomic E-state index is 0.363. The maximum Gasteiger partial charge on any atom is 0.0543 e. The summed E-state index contributed by atoms with van der Waals surface area (Å²) in [5, 5.41) is 0. The highest BCUT2D eigenvalue weighted by Gasteiger charge is 2.27. The van der Waals surface area contributed by atoms with Crippen molar-refractivity contribution in [1.29, 1.82) is 0 Å². The molecule has 0 N–H and O–H groups in total. The first-order valence-corrected chi connectivity index (χ1v) is 7.96. The van der Waals surface area contributed by atoms with E-state index < -0.39 is 0 Å². The van der Waals surface area contributed by atoms with Crippen molar-refractivity contribution in [3.05, 3.63) is 84.0 Å². The maximum absolute atomic E-state index is 3.89. The first-order valence-electron chi connectivity index (χ1n) is 7.96. The van der Waals surface area contributed by atoms with Gasteiger partial charge in [-0.3, -0.25) is 4.90 Å². The highest BCUT2D eigenvalue weighted by Crippen LogP contribution is 2.37. The highest BCUT2D eigenvalue weighted by atomic mass is 15.2. The predicted octanol–water partition coefficient (Wildman–Crippen LogP) is 5.36. The zero-order chi connectivity index (χ0) is 15.5. The van der Waals surface area contributed by atoms with E-state index in [-0.39, 0.29) is 0 Å². The van der Waals surface area contributed by atoms with Crippen LogP contribution in [0.1, 0.15) is 31.0 Å². The molecule has 0 amide bonds. The lowest BCUT2D eigenvalue weighted by Gasteiger charge is -2.21. The van der Waals surface area contributed by atoms with Crippen molar-refractivity contribution in [2.24, 2.45) is 0 Å². The smallest absolute Gasteiger partial charge is 0.0543 e. The van der Waals surface area contributed by atoms with Crippen molar-refractivity contribution >= 4 is 0 Å². The van der Waals surface area contributed by atoms with E-state index in [1.165, 1.54) is 27.8 Å². The third kappa shape index (κ3) is 2.77. The largest absolute Gasteiger partial charge is 0.289 e. The molecule has 1 aliphatic rings. The van der Waals surface area contributed by atoms with Gasteiger partial charge in [0.25, 0.3) is 0 Å². The number of hydrogen-bond acceptors (Lipinski definition) is 1. The van der Waals surface area contributed by atoms with Crippen LogP contribution in [0.15, 0.2) is 72.8 Å². The number of benzene rings is 2. The lowest BCUT2D eigenvalue weighted by molar-refractivity contribution is 0.264. The van der Waals surface area contributed by atoms with Gasteiger partial charge in [0.1, 0.15) is 0 Å². The number of nitrogens with zero attached hydrogens (tertiary/aromatic N) is 1. The molecule has 1 nitrogen and oxygen atoms in total. The Morgan fingerprint density at radius 2 is 1.95 bits per heavy atom. The van der Waals surface area contributed by atoms with Gasteiger partial charge >= 0.3 is 0 Å². The van der Waals surface area contributed by atoms with Crippen LogP contribution in [0.2, 0.25) is 0 Å². The summed E-state index contributed by atoms with van der Waals surface area (Å²) >= 11 is 0. The molecule has 2 aromatic rings. The molecular formula is C21H23N. The average molecular weight is 289 g/mol. The third-order valence-corrected chi connectivity index (χ3v) is 4.49. The summed E-state index contributed by atoms with van der Waals surface area (Å²) in [4.78, 5) is 2.51. The summed E-state index contributed by atoms with van der Waals surface area (Å²) in [5.41, 5.74) is 6.70. The summed E-state index contributed by atoms with van der Waals surface area (Å²) in [7, 11) is 0. The molecule has 1 atom stereocenters. The topological polar surface area (TPSA) is 3.24 Å². The Kier molecular flexibility index (Phi) is 4.26. The van der Waals surface area contributed by atoms with Gasteiger partial charge in [-0.2, -0.15) is 0 Å². The molecule has 1 heterocycles. The fourth-order valence-corrected chi connectivity index (χ4v) is 3.16. The molecular weight excluding hydrogens is 266 g/mol. The normalized spacial score (nSPS) is 18.3. The summed E-state index contributed by atoms with van der Waals surface area (Å²) in [6, 6.07) is 17.9. The zero-order valence-corrected chi connectivity index (χ0v) is 13.4. The van der Waals surface area contributed by atoms with E-state index in [9.17, 15) is 0 Å². The SMILES string of the molecule is C=C/C(C)=C\C1c2cc(-c3ccccc3)ccc2CN1CC. The van der Waals surface area contributed by atoms with Gasteiger partial charge in [0.05, 0.1) is 6.04 Å². The molecule has 0 spiro atoms. The molecule has 0 bridgehead atoms. The number of rotatable bonds is 4. The van der Waals surface area contributed by atoms with Gasteiger partial charge in [0, 0.05) is 6.54 Å². The van der Waals surface area contributed by atoms with Crippen LogP contribution in [0, 0.1) is 0 Å². The molecule has 1 unspecified atom stereocenters. The predicted molar refractivity (Wildman–Crippen MR) is 94.7 cm³/mol. The average Bonchev–Trinajstić information content (AvgIpc) is 2.92. The molecule has 22 heavy (non-hydrogen) atoms. The van der Waals surface area contributed by atoms with Gasteiger partial charge in [0.2, 0.25) is 0 Å². The molecule has 1 heteroatoms. The third-order valence-electron chi connectivity index (χ3n) is 4.49. The van der Waals surface area contributed by atoms with Crippen LogP contribution < -0.4 is 0 Å². The van der Waals surface area contributed by atoms with Gasteiger partial charge in [-0.15, -0.1) is 0 Å². The summed E-state index contributed by atoms with van der Waals surface area (Å²) in [5.74, 6) is 0. The van der Waals surface area contributed by atoms with Crippen molar-refractivity contribution in [2.45, 2.75) is 26.4 Å². The standard InChI is InChI=1S/C21H23N/c1-4-16(3)13-21-20-14-18(17-9-7-6-8-10-17)11-12-19(20)15-22(21)5-2/h4,6-14,21H,1,5,15H2,2-3H3/b16-13-. The highest BCUT2D eigenvalue weighted by molar-refractivity contribution is 5.65. The first kappa shape index (κ1) is 14.8. The van der Waals surface area contributed by atoms with Crippen molar-refractivity contribution in [3.63, 3.8) is 0 Å². The molecule has 0 fully saturated rings. The number of allylic oxidation sites excluding steroid dienone is 2. The minimum Gasteiger partial charge on any atom is -0.289 e. The van der Waals surface area contributed by atoms with Crippen LogP contribution in [-0.4, -0.2) is 11.4 Å². The first-order chi connectivity index (χ1) is 10.7. The van der Waals surface area contributed by atoms with Gasteiger partial charge in [-0.05, 0) is 41.8 Å². The molecule has 0 saturated heterocycles. The molecule has 0 radical (unpaired) electrons. The second-order valence-electron chi connectivity index (χ2n) is 5.90. The Bertz CT molecular complexity index is 697. The Morgan fingerprint density at radius 1 is 1.18 bits per heavy atom.